The molecule has 0 saturated carbocycles. The van der Waals surface area contributed by atoms with Crippen LogP contribution in [0.3, 0.4) is 0 Å². The minimum absolute atomic E-state index is 0.0391. The van der Waals surface area contributed by atoms with Crippen molar-refractivity contribution in [3.05, 3.63) is 148 Å². The Labute approximate surface area is 219 Å². The average Bonchev–Trinajstić information content (AvgIpc) is 3.28. The van der Waals surface area contributed by atoms with E-state index in [1.54, 1.807) is 24.3 Å². The number of fused-ring (bicyclic) bond motifs is 1. The summed E-state index contributed by atoms with van der Waals surface area (Å²) in [5, 5.41) is 15.2. The van der Waals surface area contributed by atoms with E-state index in [1.165, 1.54) is 18.2 Å². The number of rotatable bonds is 9. The summed E-state index contributed by atoms with van der Waals surface area (Å²) in [6.07, 6.45) is 1.99. The number of amides is 1. The summed E-state index contributed by atoms with van der Waals surface area (Å²) in [5.41, 5.74) is 4.17. The fourth-order valence-corrected chi connectivity index (χ4v) is 4.80. The van der Waals surface area contributed by atoms with Gasteiger partial charge in [-0.15, -0.1) is 0 Å². The number of carbonyl (C=O) groups excluding carboxylic acids is 1. The Kier molecular flexibility index (Phi) is 7.26. The van der Waals surface area contributed by atoms with Crippen LogP contribution in [-0.4, -0.2) is 15.4 Å². The van der Waals surface area contributed by atoms with E-state index in [2.05, 4.69) is 5.32 Å². The van der Waals surface area contributed by atoms with Gasteiger partial charge >= 0.3 is 0 Å². The summed E-state index contributed by atoms with van der Waals surface area (Å²) in [6, 6.07) is 30.4. The molecule has 0 aliphatic carbocycles. The third-order valence-corrected chi connectivity index (χ3v) is 6.65. The minimum Gasteiger partial charge on any atom is -0.352 e. The topological polar surface area (TPSA) is 77.2 Å². The van der Waals surface area contributed by atoms with E-state index in [9.17, 15) is 19.3 Å². The molecule has 4 aromatic carbocycles. The largest absolute Gasteiger partial charge is 0.352 e. The molecule has 38 heavy (non-hydrogen) atoms. The molecule has 1 amide bonds. The van der Waals surface area contributed by atoms with Gasteiger partial charge in [-0.1, -0.05) is 72.8 Å². The first-order valence-electron chi connectivity index (χ1n) is 12.3. The van der Waals surface area contributed by atoms with Crippen molar-refractivity contribution in [3.8, 4) is 0 Å². The first kappa shape index (κ1) is 24.9. The van der Waals surface area contributed by atoms with Gasteiger partial charge in [-0.2, -0.15) is 0 Å². The SMILES string of the molecule is O=C(CC(c1cccc(F)c1)c1cn(Cc2ccccc2)c2ccc([N+](=O)[O-])cc12)NCc1ccccc1. The molecular formula is C31H26FN3O3. The second-order valence-electron chi connectivity index (χ2n) is 9.23. The molecule has 1 aromatic heterocycles. The standard InChI is InChI=1S/C31H26FN3O3/c32-25-13-7-12-24(16-25)27(18-31(36)33-19-22-8-3-1-4-9-22)29-21-34(20-23-10-5-2-6-11-23)30-15-14-26(35(37)38)17-28(29)30/h1-17,21,27H,18-20H2,(H,33,36). The van der Waals surface area contributed by atoms with Crippen LogP contribution in [0.15, 0.2) is 109 Å². The highest BCUT2D eigenvalue weighted by atomic mass is 19.1. The molecule has 5 rings (SSSR count). The Morgan fingerprint density at radius 3 is 2.29 bits per heavy atom. The summed E-state index contributed by atoms with van der Waals surface area (Å²) < 4.78 is 16.4. The van der Waals surface area contributed by atoms with Crippen molar-refractivity contribution in [1.82, 2.24) is 9.88 Å². The van der Waals surface area contributed by atoms with Gasteiger partial charge in [0.05, 0.1) is 4.92 Å². The summed E-state index contributed by atoms with van der Waals surface area (Å²) in [6.45, 7) is 0.919. The number of nitrogens with zero attached hydrogens (tertiary/aromatic N) is 2. The van der Waals surface area contributed by atoms with Gasteiger partial charge in [0, 0.05) is 54.7 Å². The molecule has 1 N–H and O–H groups in total. The molecule has 0 aliphatic heterocycles. The monoisotopic (exact) mass is 507 g/mol. The van der Waals surface area contributed by atoms with Crippen molar-refractivity contribution >= 4 is 22.5 Å². The van der Waals surface area contributed by atoms with Gasteiger partial charge < -0.3 is 9.88 Å². The summed E-state index contributed by atoms with van der Waals surface area (Å²) in [4.78, 5) is 24.3. The number of nitro groups is 1. The van der Waals surface area contributed by atoms with Crippen LogP contribution >= 0.6 is 0 Å². The highest BCUT2D eigenvalue weighted by Gasteiger charge is 2.24. The highest BCUT2D eigenvalue weighted by Crippen LogP contribution is 2.37. The van der Waals surface area contributed by atoms with E-state index in [0.29, 0.717) is 24.0 Å². The number of hydrogen-bond acceptors (Lipinski definition) is 3. The minimum atomic E-state index is -0.511. The van der Waals surface area contributed by atoms with Crippen molar-refractivity contribution in [2.45, 2.75) is 25.4 Å². The number of nitrogens with one attached hydrogen (secondary N) is 1. The van der Waals surface area contributed by atoms with Gasteiger partial charge in [0.25, 0.3) is 5.69 Å². The van der Waals surface area contributed by atoms with Gasteiger partial charge in [-0.05, 0) is 40.5 Å². The van der Waals surface area contributed by atoms with Gasteiger partial charge in [0.1, 0.15) is 5.82 Å². The Hall–Kier alpha value is -4.78. The lowest BCUT2D eigenvalue weighted by atomic mass is 9.88. The van der Waals surface area contributed by atoms with E-state index < -0.39 is 16.7 Å². The normalized spacial score (nSPS) is 11.8. The Balaban J connectivity index is 1.57. The number of benzene rings is 4. The predicted molar refractivity (Wildman–Crippen MR) is 145 cm³/mol. The molecule has 5 aromatic rings. The predicted octanol–water partition coefficient (Wildman–Crippen LogP) is 6.58. The van der Waals surface area contributed by atoms with Crippen LogP contribution in [0.1, 0.15) is 34.6 Å². The van der Waals surface area contributed by atoms with E-state index in [1.807, 2.05) is 71.4 Å². The van der Waals surface area contributed by atoms with Gasteiger partial charge in [-0.25, -0.2) is 4.39 Å². The van der Waals surface area contributed by atoms with Gasteiger partial charge in [0.15, 0.2) is 0 Å². The first-order valence-corrected chi connectivity index (χ1v) is 12.3. The molecule has 190 valence electrons. The Morgan fingerprint density at radius 1 is 0.895 bits per heavy atom. The van der Waals surface area contributed by atoms with Crippen LogP contribution in [0.5, 0.6) is 0 Å². The molecular weight excluding hydrogens is 481 g/mol. The maximum absolute atomic E-state index is 14.3. The van der Waals surface area contributed by atoms with E-state index in [-0.39, 0.29) is 18.0 Å². The summed E-state index contributed by atoms with van der Waals surface area (Å²) in [5.74, 6) is -1.11. The number of non-ortho nitro benzene ring substituents is 1. The van der Waals surface area contributed by atoms with Crippen LogP contribution < -0.4 is 5.32 Å². The Morgan fingerprint density at radius 2 is 1.61 bits per heavy atom. The van der Waals surface area contributed by atoms with E-state index in [0.717, 1.165) is 22.2 Å². The third kappa shape index (κ3) is 5.62. The van der Waals surface area contributed by atoms with Crippen molar-refractivity contribution in [2.75, 3.05) is 0 Å². The molecule has 0 radical (unpaired) electrons. The van der Waals surface area contributed by atoms with Gasteiger partial charge in [0.2, 0.25) is 5.91 Å². The van der Waals surface area contributed by atoms with Crippen LogP contribution in [0.25, 0.3) is 10.9 Å². The summed E-state index contributed by atoms with van der Waals surface area (Å²) in [7, 11) is 0. The molecule has 1 heterocycles. The molecule has 1 atom stereocenters. The molecule has 0 fully saturated rings. The van der Waals surface area contributed by atoms with Crippen LogP contribution in [0.4, 0.5) is 10.1 Å². The zero-order valence-corrected chi connectivity index (χ0v) is 20.6. The quantitative estimate of drug-likeness (QED) is 0.181. The maximum atomic E-state index is 14.3. The molecule has 6 nitrogen and oxygen atoms in total. The average molecular weight is 508 g/mol. The lowest BCUT2D eigenvalue weighted by Crippen LogP contribution is -2.25. The van der Waals surface area contributed by atoms with E-state index >= 15 is 0 Å². The number of aromatic nitrogens is 1. The van der Waals surface area contributed by atoms with Crippen LogP contribution in [0, 0.1) is 15.9 Å². The van der Waals surface area contributed by atoms with Crippen molar-refractivity contribution in [2.24, 2.45) is 0 Å². The number of hydrogen-bond donors (Lipinski definition) is 1. The molecule has 0 spiro atoms. The van der Waals surface area contributed by atoms with Crippen molar-refractivity contribution in [1.29, 1.82) is 0 Å². The maximum Gasteiger partial charge on any atom is 0.270 e. The molecule has 0 saturated heterocycles. The van der Waals surface area contributed by atoms with Crippen LogP contribution in [-0.2, 0) is 17.9 Å². The lowest BCUT2D eigenvalue weighted by molar-refractivity contribution is -0.384. The zero-order chi connectivity index (χ0) is 26.5. The number of nitro benzene ring substituents is 1. The van der Waals surface area contributed by atoms with Crippen molar-refractivity contribution < 1.29 is 14.1 Å². The zero-order valence-electron chi connectivity index (χ0n) is 20.6. The smallest absolute Gasteiger partial charge is 0.270 e. The van der Waals surface area contributed by atoms with E-state index in [4.69, 9.17) is 0 Å². The first-order chi connectivity index (χ1) is 18.5. The van der Waals surface area contributed by atoms with Gasteiger partial charge in [-0.3, -0.25) is 14.9 Å². The third-order valence-electron chi connectivity index (χ3n) is 6.65. The number of carbonyl (C=O) groups is 1. The fraction of sp³-hybridized carbons (Fsp3) is 0.129. The molecule has 7 heteroatoms. The molecule has 0 aliphatic rings. The molecule has 0 bridgehead atoms. The van der Waals surface area contributed by atoms with Crippen molar-refractivity contribution in [3.63, 3.8) is 0 Å². The second-order valence-corrected chi connectivity index (χ2v) is 9.23. The van der Waals surface area contributed by atoms with Crippen LogP contribution in [0.2, 0.25) is 0 Å². The molecule has 1 unspecified atom stereocenters. The number of halogens is 1. The Bertz CT molecular complexity index is 1580. The highest BCUT2D eigenvalue weighted by molar-refractivity contribution is 5.88. The summed E-state index contributed by atoms with van der Waals surface area (Å²) >= 11 is 0. The fourth-order valence-electron chi connectivity index (χ4n) is 4.80. The lowest BCUT2D eigenvalue weighted by Gasteiger charge is -2.17. The second kappa shape index (κ2) is 11.1.